The molecule has 6 heterocycles. The number of aromatic nitrogens is 4. The molecule has 0 bridgehead atoms. The van der Waals surface area contributed by atoms with E-state index in [-0.39, 0.29) is 0 Å². The highest BCUT2D eigenvalue weighted by atomic mass is 15.2. The number of rotatable bonds is 11. The number of hydrogen-bond acceptors (Lipinski definition) is 4. The van der Waals surface area contributed by atoms with Crippen LogP contribution in [0.3, 0.4) is 0 Å². The Labute approximate surface area is 772 Å². The maximum absolute atomic E-state index is 5.50. The van der Waals surface area contributed by atoms with Gasteiger partial charge in [-0.25, -0.2) is 9.97 Å². The lowest BCUT2D eigenvalue weighted by Gasteiger charge is -2.44. The van der Waals surface area contributed by atoms with E-state index < -0.39 is 10.8 Å². The molecule has 0 saturated carbocycles. The Kier molecular flexibility index (Phi) is 17.9. The molecule has 133 heavy (non-hydrogen) atoms. The van der Waals surface area contributed by atoms with Crippen LogP contribution in [-0.4, -0.2) is 19.1 Å². The van der Waals surface area contributed by atoms with Gasteiger partial charge in [0.1, 0.15) is 11.6 Å². The van der Waals surface area contributed by atoms with Gasteiger partial charge < -0.3 is 9.13 Å². The molecule has 0 N–H and O–H groups in total. The van der Waals surface area contributed by atoms with E-state index in [2.05, 4.69) is 517 Å². The van der Waals surface area contributed by atoms with E-state index in [0.717, 1.165) is 84.8 Å². The third-order valence-corrected chi connectivity index (χ3v) is 28.3. The standard InChI is InChI=1S/C66H43N3.C61H41N3/c1-4-18-44(19-5-1)46-32-36-51(37-33-46)68-61-29-15-11-25-53(61)55-41-49(35-39-62(55)68)48-34-38-57-54(40-48)52-24-10-12-26-56(52)66(57)58-27-13-16-30-63(58)69(64-31-17-14-28-59(64)66)65-43-50(45-20-6-2-7-21-45)42-60(67-65)47-22-8-3-9-23-47;1-40-28-32-46(33-29-40)63-56-25-13-9-21-48(56)50-37-44(31-35-57(50)63)43-30-34-52-49(36-43)47-20-8-10-22-51(47)61(52)53-23-11-14-26-58(53)64(59-27-15-12-24-54(59)61)60-39-45(41-16-4-2-5-17-41)38-55(62-60)42-18-6-3-7-19-42/h1-43H;2-39H,1H3. The molecule has 27 rings (SSSR count). The number of pyridine rings is 2. The van der Waals surface area contributed by atoms with Gasteiger partial charge in [0, 0.05) is 44.0 Å². The lowest BCUT2D eigenvalue weighted by molar-refractivity contribution is 0.751. The quantitative estimate of drug-likeness (QED) is 0.129. The first-order chi connectivity index (χ1) is 65.9. The molecule has 2 aliphatic carbocycles. The van der Waals surface area contributed by atoms with E-state index in [0.29, 0.717) is 0 Å². The van der Waals surface area contributed by atoms with Crippen LogP contribution in [0.25, 0.3) is 155 Å². The average Bonchev–Trinajstić information content (AvgIpc) is 1.55. The van der Waals surface area contributed by atoms with Crippen LogP contribution < -0.4 is 9.80 Å². The fraction of sp³-hybridized carbons (Fsp3) is 0.0236. The Balaban J connectivity index is 0.000000139. The largest absolute Gasteiger partial charge is 0.309 e. The van der Waals surface area contributed by atoms with E-state index >= 15 is 0 Å². The van der Waals surface area contributed by atoms with Crippen molar-refractivity contribution in [3.05, 3.63) is 541 Å². The maximum atomic E-state index is 5.50. The van der Waals surface area contributed by atoms with Crippen LogP contribution >= 0.6 is 0 Å². The Morgan fingerprint density at radius 1 is 0.180 bits per heavy atom. The molecule has 0 radical (unpaired) electrons. The first-order valence-electron chi connectivity index (χ1n) is 45.9. The van der Waals surface area contributed by atoms with Gasteiger partial charge in [-0.2, -0.15) is 0 Å². The highest BCUT2D eigenvalue weighted by molar-refractivity contribution is 6.13. The average molecular weight is 1690 g/mol. The molecule has 19 aromatic carbocycles. The summed E-state index contributed by atoms with van der Waals surface area (Å²) in [6.45, 7) is 2.14. The highest BCUT2D eigenvalue weighted by Gasteiger charge is 2.54. The fourth-order valence-electron chi connectivity index (χ4n) is 22.4. The molecular formula is C127H84N6. The van der Waals surface area contributed by atoms with Crippen molar-refractivity contribution in [1.82, 2.24) is 19.1 Å². The zero-order valence-electron chi connectivity index (χ0n) is 72.9. The first kappa shape index (κ1) is 76.9. The normalized spacial score (nSPS) is 13.1. The molecule has 0 saturated heterocycles. The second kappa shape index (κ2) is 31.0. The molecule has 622 valence electrons. The topological polar surface area (TPSA) is 42.1 Å². The number of nitrogens with zero attached hydrogens (tertiary/aromatic N) is 6. The van der Waals surface area contributed by atoms with Crippen LogP contribution in [0.1, 0.15) is 50.1 Å². The van der Waals surface area contributed by atoms with E-state index in [9.17, 15) is 0 Å². The van der Waals surface area contributed by atoms with Gasteiger partial charge in [-0.15, -0.1) is 0 Å². The van der Waals surface area contributed by atoms with Gasteiger partial charge in [-0.3, -0.25) is 9.80 Å². The minimum Gasteiger partial charge on any atom is -0.309 e. The summed E-state index contributed by atoms with van der Waals surface area (Å²) in [5.74, 6) is 1.77. The smallest absolute Gasteiger partial charge is 0.138 e. The Bertz CT molecular complexity index is 8360. The van der Waals surface area contributed by atoms with E-state index in [1.807, 2.05) is 0 Å². The second-order valence-corrected chi connectivity index (χ2v) is 35.4. The van der Waals surface area contributed by atoms with Crippen molar-refractivity contribution in [3.63, 3.8) is 0 Å². The monoisotopic (exact) mass is 1690 g/mol. The fourth-order valence-corrected chi connectivity index (χ4v) is 22.4. The van der Waals surface area contributed by atoms with Gasteiger partial charge in [-0.1, -0.05) is 376 Å². The first-order valence-corrected chi connectivity index (χ1v) is 45.9. The number of fused-ring (bicyclic) bond motifs is 24. The Morgan fingerprint density at radius 3 is 0.850 bits per heavy atom. The van der Waals surface area contributed by atoms with Crippen molar-refractivity contribution >= 4 is 78.0 Å². The van der Waals surface area contributed by atoms with Gasteiger partial charge in [0.15, 0.2) is 0 Å². The minimum atomic E-state index is -0.569. The summed E-state index contributed by atoms with van der Waals surface area (Å²) in [5, 5.41) is 4.99. The summed E-state index contributed by atoms with van der Waals surface area (Å²) >= 11 is 0. The zero-order chi connectivity index (χ0) is 87.8. The molecule has 2 spiro atoms. The summed E-state index contributed by atoms with van der Waals surface area (Å²) in [7, 11) is 0. The summed E-state index contributed by atoms with van der Waals surface area (Å²) in [6.07, 6.45) is 0. The summed E-state index contributed by atoms with van der Waals surface area (Å²) in [5.41, 5.74) is 42.8. The summed E-state index contributed by atoms with van der Waals surface area (Å²) in [6, 6.07) is 180. The van der Waals surface area contributed by atoms with Crippen molar-refractivity contribution in [2.75, 3.05) is 9.80 Å². The number of anilines is 6. The SMILES string of the molecule is Cc1ccc(-n2c3ccccc3c3cc(-c4ccc5c(c4)-c4ccccc4C54c5ccccc5N(c5cc(-c6ccccc6)cc(-c6ccccc6)n5)c5ccccc54)ccc32)cc1.c1ccc(-c2ccc(-n3c4ccccc4c4cc(-c5ccc6c(c5)-c5ccccc5C65c6ccccc6N(c6cc(-c7ccccc7)cc(-c7ccccc7)n6)c6ccccc65)ccc43)cc2)cc1. The van der Waals surface area contributed by atoms with Crippen LogP contribution in [0.15, 0.2) is 491 Å². The van der Waals surface area contributed by atoms with Crippen molar-refractivity contribution < 1.29 is 0 Å². The van der Waals surface area contributed by atoms with Crippen LogP contribution in [0.2, 0.25) is 0 Å². The van der Waals surface area contributed by atoms with Crippen molar-refractivity contribution in [3.8, 4) is 112 Å². The Morgan fingerprint density at radius 2 is 0.459 bits per heavy atom. The molecule has 0 atom stereocenters. The molecule has 23 aromatic rings. The van der Waals surface area contributed by atoms with Crippen LogP contribution in [-0.2, 0) is 10.8 Å². The summed E-state index contributed by atoms with van der Waals surface area (Å²) < 4.78 is 4.80. The van der Waals surface area contributed by atoms with E-state index in [4.69, 9.17) is 9.97 Å². The number of benzene rings is 19. The number of aryl methyl sites for hydroxylation is 1. The predicted molar refractivity (Wildman–Crippen MR) is 551 cm³/mol. The van der Waals surface area contributed by atoms with E-state index in [1.54, 1.807) is 0 Å². The van der Waals surface area contributed by atoms with E-state index in [1.165, 1.54) is 155 Å². The van der Waals surface area contributed by atoms with Gasteiger partial charge in [0.25, 0.3) is 0 Å². The highest BCUT2D eigenvalue weighted by Crippen LogP contribution is 2.66. The van der Waals surface area contributed by atoms with Crippen molar-refractivity contribution in [2.45, 2.75) is 17.8 Å². The molecule has 4 aliphatic rings. The molecule has 2 aliphatic heterocycles. The predicted octanol–water partition coefficient (Wildman–Crippen LogP) is 32.6. The number of para-hydroxylation sites is 6. The molecule has 6 nitrogen and oxygen atoms in total. The van der Waals surface area contributed by atoms with Crippen molar-refractivity contribution in [2.24, 2.45) is 0 Å². The van der Waals surface area contributed by atoms with Gasteiger partial charge in [-0.05, 0) is 251 Å². The van der Waals surface area contributed by atoms with Crippen LogP contribution in [0, 0.1) is 6.92 Å². The zero-order valence-corrected chi connectivity index (χ0v) is 72.9. The lowest BCUT2D eigenvalue weighted by atomic mass is 9.64. The van der Waals surface area contributed by atoms with Crippen molar-refractivity contribution in [1.29, 1.82) is 0 Å². The minimum absolute atomic E-state index is 0.557. The van der Waals surface area contributed by atoms with Gasteiger partial charge in [0.05, 0.1) is 67.0 Å². The summed E-state index contributed by atoms with van der Waals surface area (Å²) in [4.78, 5) is 15.8. The van der Waals surface area contributed by atoms with Gasteiger partial charge in [0.2, 0.25) is 0 Å². The van der Waals surface area contributed by atoms with Crippen LogP contribution in [0.5, 0.6) is 0 Å². The van der Waals surface area contributed by atoms with Crippen LogP contribution in [0.4, 0.5) is 34.4 Å². The maximum Gasteiger partial charge on any atom is 0.138 e. The molecule has 0 amide bonds. The number of hydrogen-bond donors (Lipinski definition) is 0. The lowest BCUT2D eigenvalue weighted by Crippen LogP contribution is -2.36. The molecule has 0 fully saturated rings. The third-order valence-electron chi connectivity index (χ3n) is 28.3. The second-order valence-electron chi connectivity index (χ2n) is 35.4. The molecule has 6 heteroatoms. The Hall–Kier alpha value is -17.3. The van der Waals surface area contributed by atoms with Gasteiger partial charge >= 0.3 is 0 Å². The molecule has 4 aromatic heterocycles. The molecular weight excluding hydrogens is 1610 g/mol. The third kappa shape index (κ3) is 12.1. The molecule has 0 unspecified atom stereocenters.